The Morgan fingerprint density at radius 3 is 2.74 bits per heavy atom. The van der Waals surface area contributed by atoms with Crippen LogP contribution >= 0.6 is 0 Å². The number of nitrogens with two attached hydrogens (primary N) is 1. The zero-order valence-electron chi connectivity index (χ0n) is 12.6. The zero-order chi connectivity index (χ0) is 16.8. The molecule has 0 aromatic heterocycles. The van der Waals surface area contributed by atoms with Crippen LogP contribution in [0.5, 0.6) is 5.75 Å². The number of rotatable bonds is 6. The van der Waals surface area contributed by atoms with Gasteiger partial charge in [0.05, 0.1) is 17.2 Å². The van der Waals surface area contributed by atoms with Crippen molar-refractivity contribution in [2.45, 2.75) is 13.3 Å². The third-order valence-electron chi connectivity index (χ3n) is 3.09. The fourth-order valence-corrected chi connectivity index (χ4v) is 1.95. The van der Waals surface area contributed by atoms with Crippen LogP contribution in [-0.2, 0) is 0 Å². The van der Waals surface area contributed by atoms with E-state index >= 15 is 0 Å². The predicted octanol–water partition coefficient (Wildman–Crippen LogP) is 3.22. The van der Waals surface area contributed by atoms with Gasteiger partial charge in [-0.3, -0.25) is 14.9 Å². The molecule has 0 aliphatic heterocycles. The van der Waals surface area contributed by atoms with E-state index < -0.39 is 10.8 Å². The van der Waals surface area contributed by atoms with Crippen LogP contribution in [0.2, 0.25) is 0 Å². The molecule has 2 rings (SSSR count). The van der Waals surface area contributed by atoms with Crippen LogP contribution in [0.25, 0.3) is 0 Å². The molecule has 0 heterocycles. The normalized spacial score (nSPS) is 10.1. The molecule has 23 heavy (non-hydrogen) atoms. The van der Waals surface area contributed by atoms with Crippen LogP contribution < -0.4 is 15.8 Å². The molecule has 7 heteroatoms. The van der Waals surface area contributed by atoms with Crippen LogP contribution in [0.1, 0.15) is 23.7 Å². The number of nitro groups is 1. The van der Waals surface area contributed by atoms with Gasteiger partial charge in [0.2, 0.25) is 0 Å². The van der Waals surface area contributed by atoms with Crippen LogP contribution in [-0.4, -0.2) is 17.4 Å². The highest BCUT2D eigenvalue weighted by Crippen LogP contribution is 2.26. The largest absolute Gasteiger partial charge is 0.491 e. The van der Waals surface area contributed by atoms with Crippen molar-refractivity contribution in [2.24, 2.45) is 0 Å². The second-order valence-corrected chi connectivity index (χ2v) is 4.83. The Morgan fingerprint density at radius 2 is 2.04 bits per heavy atom. The summed E-state index contributed by atoms with van der Waals surface area (Å²) in [5, 5.41) is 13.6. The number of para-hydroxylation sites is 2. The first-order valence-electron chi connectivity index (χ1n) is 7.10. The van der Waals surface area contributed by atoms with Crippen LogP contribution in [0, 0.1) is 10.1 Å². The van der Waals surface area contributed by atoms with Crippen molar-refractivity contribution < 1.29 is 14.5 Å². The number of amides is 1. The highest BCUT2D eigenvalue weighted by atomic mass is 16.6. The predicted molar refractivity (Wildman–Crippen MR) is 87.7 cm³/mol. The Bertz CT molecular complexity index is 731. The first-order chi connectivity index (χ1) is 11.0. The van der Waals surface area contributed by atoms with Gasteiger partial charge in [0, 0.05) is 11.6 Å². The van der Waals surface area contributed by atoms with E-state index in [2.05, 4.69) is 5.32 Å². The van der Waals surface area contributed by atoms with Gasteiger partial charge < -0.3 is 15.8 Å². The molecule has 0 atom stereocenters. The van der Waals surface area contributed by atoms with Gasteiger partial charge in [0.25, 0.3) is 11.6 Å². The van der Waals surface area contributed by atoms with Crippen LogP contribution in [0.3, 0.4) is 0 Å². The third-order valence-corrected chi connectivity index (χ3v) is 3.09. The quantitative estimate of drug-likeness (QED) is 0.483. The van der Waals surface area contributed by atoms with Gasteiger partial charge in [0.15, 0.2) is 0 Å². The van der Waals surface area contributed by atoms with E-state index in [1.807, 2.05) is 6.92 Å². The van der Waals surface area contributed by atoms with E-state index in [4.69, 9.17) is 10.5 Å². The van der Waals surface area contributed by atoms with Gasteiger partial charge in [-0.2, -0.15) is 0 Å². The number of nitrogens with zero attached hydrogens (tertiary/aromatic N) is 1. The lowest BCUT2D eigenvalue weighted by molar-refractivity contribution is -0.383. The van der Waals surface area contributed by atoms with Crippen molar-refractivity contribution in [3.63, 3.8) is 0 Å². The van der Waals surface area contributed by atoms with E-state index in [1.54, 1.807) is 24.3 Å². The monoisotopic (exact) mass is 315 g/mol. The number of nitrogen functional groups attached to an aromatic ring is 1. The van der Waals surface area contributed by atoms with Gasteiger partial charge in [-0.25, -0.2) is 0 Å². The SMILES string of the molecule is CCCOc1ccccc1NC(=O)c1ccc(N)c([N+](=O)[O-])c1. The lowest BCUT2D eigenvalue weighted by atomic mass is 10.1. The number of hydrogen-bond donors (Lipinski definition) is 2. The average molecular weight is 315 g/mol. The van der Waals surface area contributed by atoms with Crippen molar-refractivity contribution >= 4 is 23.0 Å². The fraction of sp³-hybridized carbons (Fsp3) is 0.188. The maximum Gasteiger partial charge on any atom is 0.292 e. The summed E-state index contributed by atoms with van der Waals surface area (Å²) in [4.78, 5) is 22.6. The van der Waals surface area contributed by atoms with Crippen molar-refractivity contribution in [2.75, 3.05) is 17.7 Å². The van der Waals surface area contributed by atoms with Gasteiger partial charge in [-0.15, -0.1) is 0 Å². The Kier molecular flexibility index (Phi) is 5.14. The van der Waals surface area contributed by atoms with Crippen LogP contribution in [0.4, 0.5) is 17.1 Å². The van der Waals surface area contributed by atoms with Crippen molar-refractivity contribution in [1.82, 2.24) is 0 Å². The first-order valence-corrected chi connectivity index (χ1v) is 7.10. The number of anilines is 2. The molecule has 0 fully saturated rings. The van der Waals surface area contributed by atoms with E-state index in [0.29, 0.717) is 18.0 Å². The molecule has 0 aliphatic rings. The summed E-state index contributed by atoms with van der Waals surface area (Å²) in [5.74, 6) is 0.0771. The van der Waals surface area contributed by atoms with E-state index in [9.17, 15) is 14.9 Å². The molecule has 0 spiro atoms. The number of ether oxygens (including phenoxy) is 1. The van der Waals surface area contributed by atoms with Crippen LogP contribution in [0.15, 0.2) is 42.5 Å². The summed E-state index contributed by atoms with van der Waals surface area (Å²) in [6.07, 6.45) is 0.840. The Balaban J connectivity index is 2.23. The van der Waals surface area contributed by atoms with Gasteiger partial charge in [-0.1, -0.05) is 19.1 Å². The van der Waals surface area contributed by atoms with Gasteiger partial charge >= 0.3 is 0 Å². The molecule has 2 aromatic carbocycles. The molecule has 120 valence electrons. The molecule has 0 saturated heterocycles. The molecular formula is C16H17N3O4. The third kappa shape index (κ3) is 3.97. The fourth-order valence-electron chi connectivity index (χ4n) is 1.95. The second kappa shape index (κ2) is 7.26. The second-order valence-electron chi connectivity index (χ2n) is 4.83. The maximum atomic E-state index is 12.3. The molecule has 3 N–H and O–H groups in total. The van der Waals surface area contributed by atoms with Gasteiger partial charge in [0.1, 0.15) is 11.4 Å². The topological polar surface area (TPSA) is 107 Å². The summed E-state index contributed by atoms with van der Waals surface area (Å²) < 4.78 is 5.56. The number of nitro benzene ring substituents is 1. The molecule has 0 aliphatic carbocycles. The standard InChI is InChI=1S/C16H17N3O4/c1-2-9-23-15-6-4-3-5-13(15)18-16(20)11-7-8-12(17)14(10-11)19(21)22/h3-8,10H,2,9,17H2,1H3,(H,18,20). The van der Waals surface area contributed by atoms with Crippen molar-refractivity contribution in [1.29, 1.82) is 0 Å². The lowest BCUT2D eigenvalue weighted by Gasteiger charge is -2.12. The zero-order valence-corrected chi connectivity index (χ0v) is 12.6. The Morgan fingerprint density at radius 1 is 1.30 bits per heavy atom. The molecule has 7 nitrogen and oxygen atoms in total. The Hall–Kier alpha value is -3.09. The molecule has 0 bridgehead atoms. The number of carbonyl (C=O) groups excluding carboxylic acids is 1. The number of nitrogens with one attached hydrogen (secondary N) is 1. The number of benzene rings is 2. The molecule has 0 radical (unpaired) electrons. The molecule has 0 saturated carbocycles. The smallest absolute Gasteiger partial charge is 0.292 e. The summed E-state index contributed by atoms with van der Waals surface area (Å²) in [5.41, 5.74) is 5.90. The van der Waals surface area contributed by atoms with Gasteiger partial charge in [-0.05, 0) is 30.7 Å². The summed E-state index contributed by atoms with van der Waals surface area (Å²) in [7, 11) is 0. The minimum Gasteiger partial charge on any atom is -0.491 e. The highest BCUT2D eigenvalue weighted by molar-refractivity contribution is 6.05. The average Bonchev–Trinajstić information content (AvgIpc) is 2.54. The number of hydrogen-bond acceptors (Lipinski definition) is 5. The lowest BCUT2D eigenvalue weighted by Crippen LogP contribution is -2.13. The minimum atomic E-state index is -0.621. The summed E-state index contributed by atoms with van der Waals surface area (Å²) in [6, 6.07) is 10.9. The summed E-state index contributed by atoms with van der Waals surface area (Å²) in [6.45, 7) is 2.51. The Labute approximate surface area is 133 Å². The first kappa shape index (κ1) is 16.3. The number of carbonyl (C=O) groups is 1. The minimum absolute atomic E-state index is 0.0122. The molecule has 1 amide bonds. The molecule has 2 aromatic rings. The van der Waals surface area contributed by atoms with Crippen molar-refractivity contribution in [3.8, 4) is 5.75 Å². The highest BCUT2D eigenvalue weighted by Gasteiger charge is 2.16. The maximum absolute atomic E-state index is 12.3. The van der Waals surface area contributed by atoms with E-state index in [-0.39, 0.29) is 16.9 Å². The van der Waals surface area contributed by atoms with E-state index in [0.717, 1.165) is 12.5 Å². The van der Waals surface area contributed by atoms with E-state index in [1.165, 1.54) is 12.1 Å². The molecule has 0 unspecified atom stereocenters. The summed E-state index contributed by atoms with van der Waals surface area (Å²) >= 11 is 0. The molecular weight excluding hydrogens is 298 g/mol. The van der Waals surface area contributed by atoms with Crippen molar-refractivity contribution in [3.05, 3.63) is 58.1 Å².